The number of nitrogens with zero attached hydrogens (tertiary/aromatic N) is 3. The fraction of sp³-hybridized carbons (Fsp3) is 0.316. The summed E-state index contributed by atoms with van der Waals surface area (Å²) in [5.41, 5.74) is 1.36. The highest BCUT2D eigenvalue weighted by atomic mass is 35.5. The van der Waals surface area contributed by atoms with Crippen molar-refractivity contribution in [3.05, 3.63) is 59.0 Å². The van der Waals surface area contributed by atoms with E-state index in [9.17, 15) is 18.0 Å². The minimum absolute atomic E-state index is 0.0640. The Morgan fingerprint density at radius 2 is 1.90 bits per heavy atom. The molecule has 0 saturated carbocycles. The molecule has 1 amide bonds. The maximum Gasteiger partial charge on any atom is 0.572 e. The molecule has 6 nitrogen and oxygen atoms in total. The molecule has 2 aromatic rings. The molecule has 4 rings (SSSR count). The molecule has 0 radical (unpaired) electrons. The minimum atomic E-state index is -4.71. The van der Waals surface area contributed by atoms with Gasteiger partial charge in [0.2, 0.25) is 17.7 Å². The molecule has 1 aliphatic heterocycles. The summed E-state index contributed by atoms with van der Waals surface area (Å²) in [6, 6.07) is 6.95. The number of carbonyl (C=O) groups excluding carboxylic acids is 1. The standard InChI is InChI=1S/C19H15ClF3N3O3/c20-13-3-5-14(6-4-13)26-10-12(9-16(26)27)18-25-24-17(28-18)11-1-7-15(8-2-11)29-19(21,22)23/h1,3-7,12H,2,8-10H2. The Morgan fingerprint density at radius 1 is 1.14 bits per heavy atom. The van der Waals surface area contributed by atoms with E-state index < -0.39 is 6.36 Å². The van der Waals surface area contributed by atoms with Crippen LogP contribution in [0.3, 0.4) is 0 Å². The Morgan fingerprint density at radius 3 is 2.55 bits per heavy atom. The molecule has 0 spiro atoms. The van der Waals surface area contributed by atoms with Crippen LogP contribution in [-0.2, 0) is 9.53 Å². The highest BCUT2D eigenvalue weighted by molar-refractivity contribution is 6.30. The maximum atomic E-state index is 12.4. The molecule has 1 atom stereocenters. The largest absolute Gasteiger partial charge is 0.572 e. The summed E-state index contributed by atoms with van der Waals surface area (Å²) >= 11 is 5.89. The van der Waals surface area contributed by atoms with Crippen molar-refractivity contribution in [2.75, 3.05) is 11.4 Å². The first kappa shape index (κ1) is 19.5. The number of amides is 1. The second-order valence-corrected chi connectivity index (χ2v) is 7.14. The van der Waals surface area contributed by atoms with E-state index in [0.29, 0.717) is 23.0 Å². The predicted molar refractivity (Wildman–Crippen MR) is 97.9 cm³/mol. The van der Waals surface area contributed by atoms with Gasteiger partial charge < -0.3 is 14.1 Å². The van der Waals surface area contributed by atoms with Gasteiger partial charge in [-0.2, -0.15) is 0 Å². The molecular formula is C19H15ClF3N3O3. The first-order valence-electron chi connectivity index (χ1n) is 8.84. The molecule has 1 fully saturated rings. The molecule has 152 valence electrons. The average Bonchev–Trinajstić information content (AvgIpc) is 3.29. The zero-order chi connectivity index (χ0) is 20.6. The summed E-state index contributed by atoms with van der Waals surface area (Å²) < 4.78 is 46.5. The van der Waals surface area contributed by atoms with E-state index in [0.717, 1.165) is 5.69 Å². The van der Waals surface area contributed by atoms with Gasteiger partial charge >= 0.3 is 6.36 Å². The fourth-order valence-electron chi connectivity index (χ4n) is 3.30. The summed E-state index contributed by atoms with van der Waals surface area (Å²) in [6.07, 6.45) is -1.40. The number of rotatable bonds is 4. The molecule has 1 aromatic heterocycles. The molecule has 1 unspecified atom stereocenters. The lowest BCUT2D eigenvalue weighted by Crippen LogP contribution is -2.24. The third-order valence-corrected chi connectivity index (χ3v) is 4.94. The number of alkyl halides is 3. The van der Waals surface area contributed by atoms with Crippen LogP contribution < -0.4 is 4.90 Å². The smallest absolute Gasteiger partial charge is 0.421 e. The van der Waals surface area contributed by atoms with E-state index in [1.54, 1.807) is 29.2 Å². The molecule has 1 aromatic carbocycles. The van der Waals surface area contributed by atoms with Crippen LogP contribution in [0.5, 0.6) is 0 Å². The molecule has 2 aliphatic rings. The molecule has 1 aliphatic carbocycles. The van der Waals surface area contributed by atoms with Gasteiger partial charge in [0.15, 0.2) is 0 Å². The Kier molecular flexibility index (Phi) is 5.08. The maximum absolute atomic E-state index is 12.4. The van der Waals surface area contributed by atoms with Gasteiger partial charge in [0.25, 0.3) is 0 Å². The second kappa shape index (κ2) is 7.55. The molecule has 0 N–H and O–H groups in total. The van der Waals surface area contributed by atoms with Crippen molar-refractivity contribution in [3.63, 3.8) is 0 Å². The van der Waals surface area contributed by atoms with Crippen LogP contribution in [0.15, 0.2) is 46.6 Å². The monoisotopic (exact) mass is 425 g/mol. The lowest BCUT2D eigenvalue weighted by atomic mass is 10.0. The quantitative estimate of drug-likeness (QED) is 0.701. The van der Waals surface area contributed by atoms with Gasteiger partial charge in [0, 0.05) is 35.7 Å². The Labute approximate surface area is 168 Å². The lowest BCUT2D eigenvalue weighted by molar-refractivity contribution is -0.306. The minimum Gasteiger partial charge on any atom is -0.421 e. The van der Waals surface area contributed by atoms with E-state index in [1.807, 2.05) is 0 Å². The van der Waals surface area contributed by atoms with Crippen molar-refractivity contribution < 1.29 is 27.1 Å². The third kappa shape index (κ3) is 4.45. The number of halogens is 4. The van der Waals surface area contributed by atoms with E-state index in [-0.39, 0.29) is 42.7 Å². The highest BCUT2D eigenvalue weighted by Gasteiger charge is 2.35. The van der Waals surface area contributed by atoms with Crippen LogP contribution in [0.1, 0.15) is 37.0 Å². The number of benzene rings is 1. The molecule has 29 heavy (non-hydrogen) atoms. The lowest BCUT2D eigenvalue weighted by Gasteiger charge is -2.16. The Bertz CT molecular complexity index is 983. The van der Waals surface area contributed by atoms with Crippen molar-refractivity contribution in [2.45, 2.75) is 31.5 Å². The van der Waals surface area contributed by atoms with Crippen molar-refractivity contribution >= 4 is 28.8 Å². The van der Waals surface area contributed by atoms with Crippen LogP contribution in [0, 0.1) is 0 Å². The van der Waals surface area contributed by atoms with E-state index >= 15 is 0 Å². The molecule has 2 heterocycles. The van der Waals surface area contributed by atoms with Gasteiger partial charge in [-0.25, -0.2) is 0 Å². The van der Waals surface area contributed by atoms with Crippen molar-refractivity contribution in [3.8, 4) is 0 Å². The van der Waals surface area contributed by atoms with E-state index in [2.05, 4.69) is 14.9 Å². The van der Waals surface area contributed by atoms with E-state index in [1.165, 1.54) is 12.2 Å². The van der Waals surface area contributed by atoms with Gasteiger partial charge in [0.05, 0.1) is 5.92 Å². The zero-order valence-corrected chi connectivity index (χ0v) is 15.7. The average molecular weight is 426 g/mol. The summed E-state index contributed by atoms with van der Waals surface area (Å²) in [4.78, 5) is 14.0. The number of carbonyl (C=O) groups is 1. The van der Waals surface area contributed by atoms with Crippen molar-refractivity contribution in [1.82, 2.24) is 10.2 Å². The number of ether oxygens (including phenoxy) is 1. The van der Waals surface area contributed by atoms with E-state index in [4.69, 9.17) is 16.0 Å². The van der Waals surface area contributed by atoms with Crippen LogP contribution >= 0.6 is 11.6 Å². The zero-order valence-electron chi connectivity index (χ0n) is 14.9. The van der Waals surface area contributed by atoms with Gasteiger partial charge in [0.1, 0.15) is 5.76 Å². The SMILES string of the molecule is O=C1CC(c2nnc(C3=CC=C(OC(F)(F)F)CC3)o2)CN1c1ccc(Cl)cc1. The first-order chi connectivity index (χ1) is 13.8. The summed E-state index contributed by atoms with van der Waals surface area (Å²) in [5.74, 6) is 0.0711. The number of hydrogen-bond acceptors (Lipinski definition) is 5. The predicted octanol–water partition coefficient (Wildman–Crippen LogP) is 4.84. The fourth-order valence-corrected chi connectivity index (χ4v) is 3.43. The topological polar surface area (TPSA) is 68.5 Å². The Hall–Kier alpha value is -2.81. The number of allylic oxidation sites excluding steroid dienone is 4. The van der Waals surface area contributed by atoms with Crippen molar-refractivity contribution in [1.29, 1.82) is 0 Å². The molecule has 10 heteroatoms. The summed E-state index contributed by atoms with van der Waals surface area (Å²) in [5, 5.41) is 8.61. The number of aromatic nitrogens is 2. The third-order valence-electron chi connectivity index (χ3n) is 4.69. The van der Waals surface area contributed by atoms with Crippen molar-refractivity contribution in [2.24, 2.45) is 0 Å². The van der Waals surface area contributed by atoms with Crippen LogP contribution in [-0.4, -0.2) is 29.0 Å². The molecule has 0 bridgehead atoms. The van der Waals surface area contributed by atoms with Gasteiger partial charge in [-0.05, 0) is 36.8 Å². The first-order valence-corrected chi connectivity index (χ1v) is 9.21. The summed E-state index contributed by atoms with van der Waals surface area (Å²) in [6.45, 7) is 0.393. The molecule has 1 saturated heterocycles. The molecular weight excluding hydrogens is 411 g/mol. The number of hydrogen-bond donors (Lipinski definition) is 0. The Balaban J connectivity index is 1.46. The van der Waals surface area contributed by atoms with Crippen LogP contribution in [0.2, 0.25) is 5.02 Å². The van der Waals surface area contributed by atoms with Crippen LogP contribution in [0.4, 0.5) is 18.9 Å². The normalized spacial score (nSPS) is 19.9. The van der Waals surface area contributed by atoms with Gasteiger partial charge in [-0.1, -0.05) is 17.7 Å². The number of anilines is 1. The summed E-state index contributed by atoms with van der Waals surface area (Å²) in [7, 11) is 0. The van der Waals surface area contributed by atoms with Gasteiger partial charge in [-0.3, -0.25) is 4.79 Å². The second-order valence-electron chi connectivity index (χ2n) is 6.70. The highest BCUT2D eigenvalue weighted by Crippen LogP contribution is 2.34. The van der Waals surface area contributed by atoms with Gasteiger partial charge in [-0.15, -0.1) is 23.4 Å². The van der Waals surface area contributed by atoms with Crippen LogP contribution in [0.25, 0.3) is 5.57 Å².